The standard InChI is InChI=1S/C7H13N3/c1-5-4-7(6(2)8)10(3)9-5/h4,6H,8H2,1-3H3. The van der Waals surface area contributed by atoms with E-state index in [-0.39, 0.29) is 6.04 Å². The van der Waals surface area contributed by atoms with E-state index < -0.39 is 0 Å². The van der Waals surface area contributed by atoms with E-state index in [0.29, 0.717) is 0 Å². The average Bonchev–Trinajstić information content (AvgIpc) is 2.10. The molecule has 0 fully saturated rings. The first kappa shape index (κ1) is 7.28. The Hall–Kier alpha value is -0.830. The van der Waals surface area contributed by atoms with E-state index in [1.165, 1.54) is 0 Å². The first-order chi connectivity index (χ1) is 4.61. The van der Waals surface area contributed by atoms with Gasteiger partial charge in [-0.25, -0.2) is 0 Å². The van der Waals surface area contributed by atoms with Gasteiger partial charge in [0.2, 0.25) is 0 Å². The zero-order valence-corrected chi connectivity index (χ0v) is 6.63. The summed E-state index contributed by atoms with van der Waals surface area (Å²) < 4.78 is 1.82. The lowest BCUT2D eigenvalue weighted by Crippen LogP contribution is -2.10. The summed E-state index contributed by atoms with van der Waals surface area (Å²) in [5.41, 5.74) is 7.77. The Morgan fingerprint density at radius 2 is 2.30 bits per heavy atom. The minimum absolute atomic E-state index is 0.0752. The Morgan fingerprint density at radius 1 is 1.70 bits per heavy atom. The fourth-order valence-electron chi connectivity index (χ4n) is 1.06. The second-order valence-electron chi connectivity index (χ2n) is 2.62. The Labute approximate surface area is 60.8 Å². The molecule has 1 rings (SSSR count). The van der Waals surface area contributed by atoms with Gasteiger partial charge in [-0.05, 0) is 19.9 Å². The maximum atomic E-state index is 5.67. The predicted molar refractivity (Wildman–Crippen MR) is 40.5 cm³/mol. The van der Waals surface area contributed by atoms with Crippen molar-refractivity contribution in [3.05, 3.63) is 17.5 Å². The molecule has 0 aliphatic rings. The number of hydrogen-bond donors (Lipinski definition) is 1. The van der Waals surface area contributed by atoms with Crippen LogP contribution < -0.4 is 5.73 Å². The monoisotopic (exact) mass is 139 g/mol. The van der Waals surface area contributed by atoms with Crippen molar-refractivity contribution in [3.8, 4) is 0 Å². The molecule has 10 heavy (non-hydrogen) atoms. The van der Waals surface area contributed by atoms with Gasteiger partial charge in [0.25, 0.3) is 0 Å². The van der Waals surface area contributed by atoms with Gasteiger partial charge in [-0.15, -0.1) is 0 Å². The molecule has 0 saturated carbocycles. The maximum absolute atomic E-state index is 5.67. The lowest BCUT2D eigenvalue weighted by molar-refractivity contribution is 0.651. The van der Waals surface area contributed by atoms with Crippen molar-refractivity contribution < 1.29 is 0 Å². The first-order valence-electron chi connectivity index (χ1n) is 3.37. The topological polar surface area (TPSA) is 43.8 Å². The van der Waals surface area contributed by atoms with Gasteiger partial charge in [-0.1, -0.05) is 0 Å². The first-order valence-corrected chi connectivity index (χ1v) is 3.37. The van der Waals surface area contributed by atoms with Crippen LogP contribution in [0.4, 0.5) is 0 Å². The van der Waals surface area contributed by atoms with Crippen molar-refractivity contribution >= 4 is 0 Å². The lowest BCUT2D eigenvalue weighted by atomic mass is 10.2. The van der Waals surface area contributed by atoms with E-state index in [4.69, 9.17) is 5.73 Å². The van der Waals surface area contributed by atoms with Crippen LogP contribution >= 0.6 is 0 Å². The molecule has 1 heterocycles. The molecule has 1 aromatic heterocycles. The van der Waals surface area contributed by atoms with E-state index in [9.17, 15) is 0 Å². The highest BCUT2D eigenvalue weighted by Crippen LogP contribution is 2.08. The van der Waals surface area contributed by atoms with E-state index in [0.717, 1.165) is 11.4 Å². The molecule has 1 unspecified atom stereocenters. The Morgan fingerprint density at radius 3 is 2.50 bits per heavy atom. The van der Waals surface area contributed by atoms with Crippen LogP contribution in [0.25, 0.3) is 0 Å². The number of aryl methyl sites for hydroxylation is 2. The summed E-state index contributed by atoms with van der Waals surface area (Å²) in [4.78, 5) is 0. The van der Waals surface area contributed by atoms with Gasteiger partial charge in [-0.2, -0.15) is 5.10 Å². The van der Waals surface area contributed by atoms with E-state index in [2.05, 4.69) is 5.10 Å². The molecule has 0 radical (unpaired) electrons. The van der Waals surface area contributed by atoms with E-state index in [1.54, 1.807) is 0 Å². The zero-order valence-electron chi connectivity index (χ0n) is 6.63. The molecule has 3 heteroatoms. The SMILES string of the molecule is Cc1cc(C(C)N)n(C)n1. The minimum Gasteiger partial charge on any atom is -0.323 e. The second-order valence-corrected chi connectivity index (χ2v) is 2.62. The van der Waals surface area contributed by atoms with Crippen molar-refractivity contribution in [2.75, 3.05) is 0 Å². The van der Waals surface area contributed by atoms with Gasteiger partial charge >= 0.3 is 0 Å². The lowest BCUT2D eigenvalue weighted by Gasteiger charge is -2.03. The quantitative estimate of drug-likeness (QED) is 0.624. The number of hydrogen-bond acceptors (Lipinski definition) is 2. The van der Waals surface area contributed by atoms with Crippen molar-refractivity contribution in [2.45, 2.75) is 19.9 Å². The summed E-state index contributed by atoms with van der Waals surface area (Å²) >= 11 is 0. The smallest absolute Gasteiger partial charge is 0.0597 e. The third kappa shape index (κ3) is 1.19. The molecular formula is C7H13N3. The normalized spacial score (nSPS) is 13.6. The molecule has 3 nitrogen and oxygen atoms in total. The van der Waals surface area contributed by atoms with Gasteiger partial charge in [-0.3, -0.25) is 4.68 Å². The fraction of sp³-hybridized carbons (Fsp3) is 0.571. The highest BCUT2D eigenvalue weighted by molar-refractivity contribution is 5.11. The van der Waals surface area contributed by atoms with Crippen LogP contribution in [0.15, 0.2) is 6.07 Å². The van der Waals surface area contributed by atoms with Crippen LogP contribution in [-0.2, 0) is 7.05 Å². The van der Waals surface area contributed by atoms with Gasteiger partial charge in [0.15, 0.2) is 0 Å². The summed E-state index contributed by atoms with van der Waals surface area (Å²) in [6, 6.07) is 2.08. The highest BCUT2D eigenvalue weighted by Gasteiger charge is 2.04. The second kappa shape index (κ2) is 2.42. The van der Waals surface area contributed by atoms with Crippen LogP contribution in [0.3, 0.4) is 0 Å². The summed E-state index contributed by atoms with van der Waals surface area (Å²) in [5.74, 6) is 0. The Bertz CT molecular complexity index is 225. The third-order valence-electron chi connectivity index (χ3n) is 1.50. The molecule has 0 aliphatic heterocycles. The fourth-order valence-corrected chi connectivity index (χ4v) is 1.06. The van der Waals surface area contributed by atoms with Gasteiger partial charge in [0.1, 0.15) is 0 Å². The summed E-state index contributed by atoms with van der Waals surface area (Å²) in [6.45, 7) is 3.92. The van der Waals surface area contributed by atoms with E-state index >= 15 is 0 Å². The van der Waals surface area contributed by atoms with Crippen molar-refractivity contribution in [1.29, 1.82) is 0 Å². The molecule has 0 aromatic carbocycles. The molecule has 56 valence electrons. The van der Waals surface area contributed by atoms with Crippen LogP contribution in [-0.4, -0.2) is 9.78 Å². The minimum atomic E-state index is 0.0752. The molecular weight excluding hydrogens is 126 g/mol. The zero-order chi connectivity index (χ0) is 7.72. The van der Waals surface area contributed by atoms with Gasteiger partial charge in [0, 0.05) is 13.1 Å². The molecule has 2 N–H and O–H groups in total. The predicted octanol–water partition coefficient (Wildman–Crippen LogP) is 0.748. The maximum Gasteiger partial charge on any atom is 0.0597 e. The molecule has 0 spiro atoms. The highest BCUT2D eigenvalue weighted by atomic mass is 15.3. The summed E-state index contributed by atoms with van der Waals surface area (Å²) in [5, 5.41) is 4.17. The van der Waals surface area contributed by atoms with Crippen molar-refractivity contribution in [1.82, 2.24) is 9.78 Å². The largest absolute Gasteiger partial charge is 0.323 e. The van der Waals surface area contributed by atoms with Crippen LogP contribution in [0.5, 0.6) is 0 Å². The van der Waals surface area contributed by atoms with Gasteiger partial charge in [0.05, 0.1) is 11.4 Å². The number of nitrogens with zero attached hydrogens (tertiary/aromatic N) is 2. The summed E-state index contributed by atoms with van der Waals surface area (Å²) in [6.07, 6.45) is 0. The molecule has 0 saturated heterocycles. The molecule has 0 bridgehead atoms. The van der Waals surface area contributed by atoms with Gasteiger partial charge < -0.3 is 5.73 Å². The average molecular weight is 139 g/mol. The van der Waals surface area contributed by atoms with E-state index in [1.807, 2.05) is 31.6 Å². The third-order valence-corrected chi connectivity index (χ3v) is 1.50. The molecule has 1 aromatic rings. The van der Waals surface area contributed by atoms with Crippen LogP contribution in [0, 0.1) is 6.92 Å². The molecule has 0 amide bonds. The number of nitrogens with two attached hydrogens (primary N) is 1. The Kier molecular flexibility index (Phi) is 1.76. The molecule has 0 aliphatic carbocycles. The van der Waals surface area contributed by atoms with Crippen molar-refractivity contribution in [3.63, 3.8) is 0 Å². The van der Waals surface area contributed by atoms with Crippen molar-refractivity contribution in [2.24, 2.45) is 12.8 Å². The number of rotatable bonds is 1. The summed E-state index contributed by atoms with van der Waals surface area (Å²) in [7, 11) is 1.91. The Balaban J connectivity index is 3.03. The van der Waals surface area contributed by atoms with Crippen LogP contribution in [0.1, 0.15) is 24.4 Å². The molecule has 1 atom stereocenters. The van der Waals surface area contributed by atoms with Crippen LogP contribution in [0.2, 0.25) is 0 Å². The number of aromatic nitrogens is 2.